The van der Waals surface area contributed by atoms with Gasteiger partial charge in [0, 0.05) is 37.4 Å². The molecule has 4 rings (SSSR count). The molecule has 2 atom stereocenters. The molecular formula is C22H28N2. The summed E-state index contributed by atoms with van der Waals surface area (Å²) < 4.78 is 0. The first-order valence-electron chi connectivity index (χ1n) is 9.24. The molecule has 2 heteroatoms. The normalized spacial score (nSPS) is 23.9. The zero-order valence-electron chi connectivity index (χ0n) is 15.6. The van der Waals surface area contributed by atoms with Crippen LogP contribution < -0.4 is 9.80 Å². The van der Waals surface area contributed by atoms with E-state index in [1.807, 2.05) is 0 Å². The number of likely N-dealkylation sites (N-methyl/N-ethyl adjacent to an activating group) is 1. The molecule has 1 heterocycles. The Bertz CT molecular complexity index is 791. The molecule has 2 nitrogen and oxygen atoms in total. The van der Waals surface area contributed by atoms with Gasteiger partial charge in [-0.1, -0.05) is 24.3 Å². The molecule has 0 saturated carbocycles. The molecule has 0 amide bonds. The lowest BCUT2D eigenvalue weighted by Gasteiger charge is -2.36. The van der Waals surface area contributed by atoms with Gasteiger partial charge in [0.25, 0.3) is 0 Å². The topological polar surface area (TPSA) is 6.48 Å². The fraction of sp³-hybridized carbons (Fsp3) is 0.455. The van der Waals surface area contributed by atoms with Crippen LogP contribution in [0.5, 0.6) is 0 Å². The van der Waals surface area contributed by atoms with Crippen LogP contribution in [0.15, 0.2) is 36.4 Å². The van der Waals surface area contributed by atoms with Crippen molar-refractivity contribution in [2.75, 3.05) is 29.9 Å². The molecule has 24 heavy (non-hydrogen) atoms. The maximum atomic E-state index is 2.54. The van der Waals surface area contributed by atoms with Crippen molar-refractivity contribution in [3.05, 3.63) is 58.7 Å². The van der Waals surface area contributed by atoms with Crippen LogP contribution in [0.25, 0.3) is 0 Å². The Hall–Kier alpha value is -1.96. The highest BCUT2D eigenvalue weighted by Crippen LogP contribution is 2.59. The SMILES string of the molecule is CCN(CC)c1cc(C)c2c(c1)[C@H]1Cc3ccccc3[C@@]1(C)N2C. The zero-order valence-corrected chi connectivity index (χ0v) is 15.6. The van der Waals surface area contributed by atoms with Gasteiger partial charge in [0.1, 0.15) is 0 Å². The van der Waals surface area contributed by atoms with Gasteiger partial charge in [-0.15, -0.1) is 0 Å². The predicted molar refractivity (Wildman–Crippen MR) is 103 cm³/mol. The highest BCUT2D eigenvalue weighted by molar-refractivity contribution is 5.75. The van der Waals surface area contributed by atoms with Crippen LogP contribution in [0.1, 0.15) is 48.9 Å². The van der Waals surface area contributed by atoms with Crippen LogP contribution in [0.2, 0.25) is 0 Å². The third-order valence-electron chi connectivity index (χ3n) is 6.52. The summed E-state index contributed by atoms with van der Waals surface area (Å²) in [5.74, 6) is 0.559. The third kappa shape index (κ3) is 1.83. The van der Waals surface area contributed by atoms with Crippen molar-refractivity contribution in [2.45, 2.75) is 45.6 Å². The van der Waals surface area contributed by atoms with Gasteiger partial charge in [-0.3, -0.25) is 0 Å². The molecule has 0 unspecified atom stereocenters. The van der Waals surface area contributed by atoms with Crippen molar-refractivity contribution in [3.8, 4) is 0 Å². The quantitative estimate of drug-likeness (QED) is 0.798. The molecule has 0 spiro atoms. The molecule has 1 aliphatic heterocycles. The van der Waals surface area contributed by atoms with E-state index in [1.165, 1.54) is 33.6 Å². The van der Waals surface area contributed by atoms with Crippen molar-refractivity contribution in [1.29, 1.82) is 0 Å². The number of anilines is 2. The molecule has 0 bridgehead atoms. The van der Waals surface area contributed by atoms with Gasteiger partial charge in [-0.2, -0.15) is 0 Å². The smallest absolute Gasteiger partial charge is 0.0697 e. The average Bonchev–Trinajstić information content (AvgIpc) is 2.99. The first kappa shape index (κ1) is 15.6. The molecule has 0 aromatic heterocycles. The fourth-order valence-corrected chi connectivity index (χ4v) is 5.14. The highest BCUT2D eigenvalue weighted by atomic mass is 15.2. The van der Waals surface area contributed by atoms with Crippen LogP contribution in [0.4, 0.5) is 11.4 Å². The van der Waals surface area contributed by atoms with Gasteiger partial charge in [0.15, 0.2) is 0 Å². The van der Waals surface area contributed by atoms with Gasteiger partial charge < -0.3 is 9.80 Å². The Morgan fingerprint density at radius 2 is 1.88 bits per heavy atom. The third-order valence-corrected chi connectivity index (χ3v) is 6.52. The van der Waals surface area contributed by atoms with Gasteiger partial charge in [-0.05, 0) is 68.5 Å². The molecule has 0 fully saturated rings. The summed E-state index contributed by atoms with van der Waals surface area (Å²) in [6, 6.07) is 13.9. The summed E-state index contributed by atoms with van der Waals surface area (Å²) in [4.78, 5) is 5.01. The minimum Gasteiger partial charge on any atom is -0.372 e. The van der Waals surface area contributed by atoms with Crippen LogP contribution in [-0.2, 0) is 12.0 Å². The average molecular weight is 320 g/mol. The number of benzene rings is 2. The van der Waals surface area contributed by atoms with Crippen LogP contribution in [0.3, 0.4) is 0 Å². The van der Waals surface area contributed by atoms with E-state index >= 15 is 0 Å². The van der Waals surface area contributed by atoms with Crippen molar-refractivity contribution in [3.63, 3.8) is 0 Å². The summed E-state index contributed by atoms with van der Waals surface area (Å²) in [5, 5.41) is 0. The Kier molecular flexibility index (Phi) is 3.42. The number of aryl methyl sites for hydroxylation is 1. The van der Waals surface area contributed by atoms with Gasteiger partial charge in [0.05, 0.1) is 5.54 Å². The molecule has 2 aliphatic rings. The summed E-state index contributed by atoms with van der Waals surface area (Å²) in [7, 11) is 2.28. The zero-order chi connectivity index (χ0) is 17.1. The molecule has 1 aliphatic carbocycles. The van der Waals surface area contributed by atoms with E-state index < -0.39 is 0 Å². The van der Waals surface area contributed by atoms with Crippen LogP contribution in [-0.4, -0.2) is 20.1 Å². The van der Waals surface area contributed by atoms with E-state index in [9.17, 15) is 0 Å². The van der Waals surface area contributed by atoms with E-state index in [1.54, 1.807) is 0 Å². The molecule has 2 aromatic carbocycles. The Balaban J connectivity index is 1.89. The second kappa shape index (κ2) is 5.27. The first-order chi connectivity index (χ1) is 11.5. The lowest BCUT2D eigenvalue weighted by Crippen LogP contribution is -2.38. The monoisotopic (exact) mass is 320 g/mol. The van der Waals surface area contributed by atoms with Crippen molar-refractivity contribution in [2.24, 2.45) is 0 Å². The summed E-state index contributed by atoms with van der Waals surface area (Å²) in [6.45, 7) is 11.3. The van der Waals surface area contributed by atoms with E-state index in [0.717, 1.165) is 19.5 Å². The molecule has 0 N–H and O–H groups in total. The van der Waals surface area contributed by atoms with E-state index in [0.29, 0.717) is 5.92 Å². The lowest BCUT2D eigenvalue weighted by atomic mass is 9.84. The second-order valence-corrected chi connectivity index (χ2v) is 7.49. The minimum absolute atomic E-state index is 0.0889. The van der Waals surface area contributed by atoms with E-state index in [-0.39, 0.29) is 5.54 Å². The standard InChI is InChI=1S/C22H28N2/c1-6-24(7-2)17-12-15(3)21-18(14-17)20-13-16-10-8-9-11-19(16)22(20,4)23(21)5/h8-12,14,20H,6-7,13H2,1-5H3/t20-,22-/m1/s1. The van der Waals surface area contributed by atoms with Gasteiger partial charge in [-0.25, -0.2) is 0 Å². The Morgan fingerprint density at radius 1 is 1.17 bits per heavy atom. The maximum absolute atomic E-state index is 2.54. The maximum Gasteiger partial charge on any atom is 0.0697 e. The largest absolute Gasteiger partial charge is 0.372 e. The lowest BCUT2D eigenvalue weighted by molar-refractivity contribution is 0.432. The number of fused-ring (bicyclic) bond motifs is 5. The summed E-state index contributed by atoms with van der Waals surface area (Å²) in [5.41, 5.74) is 8.90. The van der Waals surface area contributed by atoms with Crippen molar-refractivity contribution in [1.82, 2.24) is 0 Å². The number of rotatable bonds is 3. The molecule has 126 valence electrons. The Labute approximate surface area is 146 Å². The van der Waals surface area contributed by atoms with Crippen molar-refractivity contribution >= 4 is 11.4 Å². The Morgan fingerprint density at radius 3 is 2.58 bits per heavy atom. The molecule has 0 saturated heterocycles. The second-order valence-electron chi connectivity index (χ2n) is 7.49. The summed E-state index contributed by atoms with van der Waals surface area (Å²) >= 11 is 0. The molecule has 2 aromatic rings. The van der Waals surface area contributed by atoms with Gasteiger partial charge >= 0.3 is 0 Å². The predicted octanol–water partition coefficient (Wildman–Crippen LogP) is 4.85. The number of nitrogens with zero attached hydrogens (tertiary/aromatic N) is 2. The molecular weight excluding hydrogens is 292 g/mol. The van der Waals surface area contributed by atoms with Crippen LogP contribution in [0, 0.1) is 6.92 Å². The van der Waals surface area contributed by atoms with Gasteiger partial charge in [0.2, 0.25) is 0 Å². The number of hydrogen-bond acceptors (Lipinski definition) is 2. The highest BCUT2D eigenvalue weighted by Gasteiger charge is 2.52. The molecule has 0 radical (unpaired) electrons. The van der Waals surface area contributed by atoms with Crippen LogP contribution >= 0.6 is 0 Å². The first-order valence-corrected chi connectivity index (χ1v) is 9.24. The van der Waals surface area contributed by atoms with E-state index in [2.05, 4.69) is 80.9 Å². The fourth-order valence-electron chi connectivity index (χ4n) is 5.14. The summed E-state index contributed by atoms with van der Waals surface area (Å²) in [6.07, 6.45) is 1.16. The minimum atomic E-state index is 0.0889. The van der Waals surface area contributed by atoms with Crippen molar-refractivity contribution < 1.29 is 0 Å². The number of hydrogen-bond donors (Lipinski definition) is 0. The van der Waals surface area contributed by atoms with E-state index in [4.69, 9.17) is 0 Å².